The van der Waals surface area contributed by atoms with Gasteiger partial charge < -0.3 is 20.3 Å². The van der Waals surface area contributed by atoms with E-state index < -0.39 is 5.82 Å². The number of carbonyl (C=O) groups is 1. The van der Waals surface area contributed by atoms with Gasteiger partial charge in [-0.05, 0) is 75.2 Å². The zero-order valence-corrected chi connectivity index (χ0v) is 22.6. The summed E-state index contributed by atoms with van der Waals surface area (Å²) in [7, 11) is 0. The van der Waals surface area contributed by atoms with Crippen molar-refractivity contribution >= 4 is 17.2 Å². The van der Waals surface area contributed by atoms with Gasteiger partial charge in [-0.25, -0.2) is 18.9 Å². The van der Waals surface area contributed by atoms with Crippen molar-refractivity contribution in [2.45, 2.75) is 44.2 Å². The number of hydrogen-bond donors (Lipinski definition) is 2. The maximum absolute atomic E-state index is 16.1. The summed E-state index contributed by atoms with van der Waals surface area (Å²) in [6, 6.07) is 14.7. The fourth-order valence-electron chi connectivity index (χ4n) is 5.45. The molecule has 3 aromatic heterocycles. The van der Waals surface area contributed by atoms with E-state index in [0.717, 1.165) is 50.0 Å². The Morgan fingerprint density at radius 3 is 2.78 bits per heavy atom. The normalized spacial score (nSPS) is 17.8. The van der Waals surface area contributed by atoms with Crippen molar-refractivity contribution in [3.8, 4) is 34.5 Å². The average molecular weight is 555 g/mol. The molecule has 1 aromatic carbocycles. The first-order chi connectivity index (χ1) is 20.1. The molecular formula is C30H31FN8O2. The van der Waals surface area contributed by atoms with E-state index in [1.807, 2.05) is 54.7 Å². The van der Waals surface area contributed by atoms with Crippen LogP contribution in [0.25, 0.3) is 28.2 Å². The van der Waals surface area contributed by atoms with Crippen LogP contribution in [0.4, 0.5) is 10.2 Å². The lowest BCUT2D eigenvalue weighted by Crippen LogP contribution is -2.45. The molecule has 210 valence electrons. The van der Waals surface area contributed by atoms with E-state index in [4.69, 9.17) is 10.00 Å². The number of nitriles is 1. The van der Waals surface area contributed by atoms with E-state index in [9.17, 15) is 4.79 Å². The number of piperidine rings is 2. The van der Waals surface area contributed by atoms with Crippen LogP contribution in [0.15, 0.2) is 54.9 Å². The highest BCUT2D eigenvalue weighted by Crippen LogP contribution is 2.32. The number of pyridine rings is 1. The van der Waals surface area contributed by atoms with Crippen molar-refractivity contribution in [3.05, 3.63) is 60.7 Å². The number of nitrogens with zero attached hydrogens (tertiary/aromatic N) is 6. The molecule has 6 rings (SSSR count). The van der Waals surface area contributed by atoms with Crippen LogP contribution in [-0.4, -0.2) is 68.7 Å². The predicted molar refractivity (Wildman–Crippen MR) is 152 cm³/mol. The molecule has 2 N–H and O–H groups in total. The number of likely N-dealkylation sites (tertiary alicyclic amines) is 1. The van der Waals surface area contributed by atoms with Crippen molar-refractivity contribution in [1.82, 2.24) is 29.8 Å². The van der Waals surface area contributed by atoms with Gasteiger partial charge in [-0.2, -0.15) is 10.4 Å². The van der Waals surface area contributed by atoms with E-state index in [0.29, 0.717) is 30.0 Å². The Kier molecular flexibility index (Phi) is 7.73. The topological polar surface area (TPSA) is 120 Å². The van der Waals surface area contributed by atoms with Gasteiger partial charge in [-0.3, -0.25) is 4.79 Å². The Balaban J connectivity index is 1.33. The molecule has 1 amide bonds. The van der Waals surface area contributed by atoms with Gasteiger partial charge in [0.25, 0.3) is 0 Å². The molecule has 0 saturated carbocycles. The molecule has 11 heteroatoms. The van der Waals surface area contributed by atoms with Gasteiger partial charge in [0.15, 0.2) is 17.5 Å². The number of anilines is 1. The van der Waals surface area contributed by atoms with Crippen LogP contribution in [0.2, 0.25) is 0 Å². The fourth-order valence-corrected chi connectivity index (χ4v) is 5.45. The third kappa shape index (κ3) is 5.83. The molecule has 0 aliphatic carbocycles. The summed E-state index contributed by atoms with van der Waals surface area (Å²) >= 11 is 0. The zero-order valence-electron chi connectivity index (χ0n) is 22.6. The summed E-state index contributed by atoms with van der Waals surface area (Å²) in [5.74, 6) is 0.350. The van der Waals surface area contributed by atoms with E-state index in [1.165, 1.54) is 0 Å². The number of amides is 1. The number of fused-ring (bicyclic) bond motifs is 1. The van der Waals surface area contributed by atoms with E-state index in [-0.39, 0.29) is 36.0 Å². The van der Waals surface area contributed by atoms with Gasteiger partial charge in [-0.15, -0.1) is 0 Å². The Morgan fingerprint density at radius 2 is 1.98 bits per heavy atom. The van der Waals surface area contributed by atoms with Crippen molar-refractivity contribution in [2.75, 3.05) is 31.5 Å². The predicted octanol–water partition coefficient (Wildman–Crippen LogP) is 4.04. The van der Waals surface area contributed by atoms with Crippen LogP contribution in [0.1, 0.15) is 32.1 Å². The fraction of sp³-hybridized carbons (Fsp3) is 0.367. The summed E-state index contributed by atoms with van der Waals surface area (Å²) in [6.45, 7) is 2.81. The second-order valence-corrected chi connectivity index (χ2v) is 10.4. The lowest BCUT2D eigenvalue weighted by Gasteiger charge is -2.33. The summed E-state index contributed by atoms with van der Waals surface area (Å²) in [4.78, 5) is 23.3. The maximum atomic E-state index is 16.1. The van der Waals surface area contributed by atoms with E-state index in [2.05, 4.69) is 25.7 Å². The smallest absolute Gasteiger partial charge is 0.236 e. The Bertz CT molecular complexity index is 1580. The van der Waals surface area contributed by atoms with Crippen LogP contribution in [0, 0.1) is 17.1 Å². The minimum absolute atomic E-state index is 0.0647. The van der Waals surface area contributed by atoms with Crippen LogP contribution in [0.5, 0.6) is 5.75 Å². The van der Waals surface area contributed by atoms with E-state index in [1.54, 1.807) is 15.6 Å². The lowest BCUT2D eigenvalue weighted by molar-refractivity contribution is -0.131. The molecule has 41 heavy (non-hydrogen) atoms. The first kappa shape index (κ1) is 26.7. The van der Waals surface area contributed by atoms with Gasteiger partial charge >= 0.3 is 0 Å². The maximum Gasteiger partial charge on any atom is 0.236 e. The van der Waals surface area contributed by atoms with Crippen molar-refractivity contribution in [2.24, 2.45) is 0 Å². The lowest BCUT2D eigenvalue weighted by atomic mass is 10.0. The minimum atomic E-state index is -0.572. The highest BCUT2D eigenvalue weighted by atomic mass is 19.1. The molecule has 0 radical (unpaired) electrons. The molecule has 1 atom stereocenters. The van der Waals surface area contributed by atoms with Crippen LogP contribution in [-0.2, 0) is 4.79 Å². The van der Waals surface area contributed by atoms with Crippen LogP contribution in [0.3, 0.4) is 0 Å². The second-order valence-electron chi connectivity index (χ2n) is 10.4. The molecule has 4 aromatic rings. The molecular weight excluding hydrogens is 523 g/mol. The molecule has 2 aliphatic rings. The Morgan fingerprint density at radius 1 is 1.15 bits per heavy atom. The minimum Gasteiger partial charge on any atom is -0.490 e. The van der Waals surface area contributed by atoms with Gasteiger partial charge in [0, 0.05) is 30.9 Å². The number of ether oxygens (including phenoxy) is 1. The van der Waals surface area contributed by atoms with Crippen LogP contribution < -0.4 is 15.4 Å². The highest BCUT2D eigenvalue weighted by molar-refractivity contribution is 5.79. The largest absolute Gasteiger partial charge is 0.490 e. The number of nitrogens with one attached hydrogen (secondary N) is 2. The van der Waals surface area contributed by atoms with Gasteiger partial charge in [0.05, 0.1) is 23.3 Å². The standard InChI is InChI=1S/C30H31FN8O2/c31-27-28(20-6-8-22(9-7-20)41-23-11-14-33-15-12-23)36-29(24-18-34-39-17-2-1-5-25(24)39)37-30(27)35-21-4-3-16-38(19-21)26(40)10-13-32/h1-2,5-9,17-18,21,23,33H,3-4,10-12,14-16,19H2,(H,35,36,37)/t21-/m1/s1. The average Bonchev–Trinajstić information content (AvgIpc) is 3.44. The Hall–Kier alpha value is -4.56. The first-order valence-corrected chi connectivity index (χ1v) is 14.0. The van der Waals surface area contributed by atoms with Crippen LogP contribution >= 0.6 is 0 Å². The number of rotatable bonds is 7. The van der Waals surface area contributed by atoms with Crippen molar-refractivity contribution in [3.63, 3.8) is 0 Å². The van der Waals surface area contributed by atoms with Gasteiger partial charge in [0.2, 0.25) is 5.91 Å². The molecule has 5 heterocycles. The summed E-state index contributed by atoms with van der Waals surface area (Å²) < 4.78 is 24.0. The van der Waals surface area contributed by atoms with Crippen molar-refractivity contribution < 1.29 is 13.9 Å². The summed E-state index contributed by atoms with van der Waals surface area (Å²) in [5.41, 5.74) is 2.23. The summed E-state index contributed by atoms with van der Waals surface area (Å²) in [5, 5.41) is 19.9. The number of hydrogen-bond acceptors (Lipinski definition) is 8. The second kappa shape index (κ2) is 11.9. The number of benzene rings is 1. The molecule has 10 nitrogen and oxygen atoms in total. The summed E-state index contributed by atoms with van der Waals surface area (Å²) in [6.07, 6.45) is 6.87. The number of aromatic nitrogens is 4. The molecule has 0 unspecified atom stereocenters. The molecule has 0 spiro atoms. The first-order valence-electron chi connectivity index (χ1n) is 14.0. The van der Waals surface area contributed by atoms with E-state index >= 15 is 4.39 Å². The third-order valence-corrected chi connectivity index (χ3v) is 7.58. The molecule has 2 saturated heterocycles. The highest BCUT2D eigenvalue weighted by Gasteiger charge is 2.26. The molecule has 2 fully saturated rings. The SMILES string of the molecule is N#CCC(=O)N1CCC[C@@H](Nc2nc(-c3cnn4ccccc34)nc(-c3ccc(OC4CCNCC4)cc3)c2F)C1. The number of halogens is 1. The van der Waals surface area contributed by atoms with Crippen molar-refractivity contribution in [1.29, 1.82) is 5.26 Å². The van der Waals surface area contributed by atoms with Gasteiger partial charge in [-0.1, -0.05) is 6.07 Å². The number of carbonyl (C=O) groups excluding carboxylic acids is 1. The molecule has 2 aliphatic heterocycles. The quantitative estimate of drug-likeness (QED) is 0.351. The Labute approximate surface area is 237 Å². The monoisotopic (exact) mass is 554 g/mol. The molecule has 0 bridgehead atoms. The van der Waals surface area contributed by atoms with Gasteiger partial charge in [0.1, 0.15) is 24.0 Å². The third-order valence-electron chi connectivity index (χ3n) is 7.58. The zero-order chi connectivity index (χ0) is 28.2.